The lowest BCUT2D eigenvalue weighted by Gasteiger charge is -2.07. The van der Waals surface area contributed by atoms with E-state index in [1.165, 1.54) is 11.1 Å². The first-order chi connectivity index (χ1) is 14.0. The Kier molecular flexibility index (Phi) is 4.99. The Balaban J connectivity index is 1.63. The third-order valence-electron chi connectivity index (χ3n) is 4.95. The summed E-state index contributed by atoms with van der Waals surface area (Å²) in [5, 5.41) is 6.06. The lowest BCUT2D eigenvalue weighted by Crippen LogP contribution is -2.17. The molecule has 0 aliphatic rings. The van der Waals surface area contributed by atoms with Crippen molar-refractivity contribution in [3.05, 3.63) is 77.5 Å². The van der Waals surface area contributed by atoms with Crippen molar-refractivity contribution in [2.24, 2.45) is 7.05 Å². The fourth-order valence-corrected chi connectivity index (χ4v) is 3.38. The third kappa shape index (κ3) is 3.82. The number of pyridine rings is 1. The van der Waals surface area contributed by atoms with Gasteiger partial charge in [-0.3, -0.25) is 9.78 Å². The molecule has 0 aliphatic heterocycles. The first-order valence-corrected chi connectivity index (χ1v) is 9.49. The van der Waals surface area contributed by atoms with E-state index in [2.05, 4.69) is 51.8 Å². The molecule has 146 valence electrons. The van der Waals surface area contributed by atoms with Crippen LogP contribution < -0.4 is 10.6 Å². The van der Waals surface area contributed by atoms with Crippen LogP contribution in [0.1, 0.15) is 21.5 Å². The van der Waals surface area contributed by atoms with Crippen molar-refractivity contribution in [1.29, 1.82) is 0 Å². The highest BCUT2D eigenvalue weighted by atomic mass is 16.1. The third-order valence-corrected chi connectivity index (χ3v) is 4.95. The number of hydrogen-bond acceptors (Lipinski definition) is 4. The van der Waals surface area contributed by atoms with Crippen LogP contribution in [0.25, 0.3) is 22.3 Å². The molecule has 1 amide bonds. The minimum Gasteiger partial charge on any atom is -0.355 e. The van der Waals surface area contributed by atoms with Gasteiger partial charge in [0.05, 0.1) is 17.4 Å². The van der Waals surface area contributed by atoms with Gasteiger partial charge in [-0.15, -0.1) is 0 Å². The normalized spacial score (nSPS) is 10.9. The fraction of sp³-hybridized carbons (Fsp3) is 0.174. The Morgan fingerprint density at radius 3 is 2.72 bits per heavy atom. The molecule has 4 rings (SSSR count). The Morgan fingerprint density at radius 1 is 1.10 bits per heavy atom. The van der Waals surface area contributed by atoms with Crippen molar-refractivity contribution in [3.8, 4) is 11.3 Å². The average molecular weight is 385 g/mol. The first kappa shape index (κ1) is 18.7. The molecule has 6 nitrogen and oxygen atoms in total. The molecule has 0 saturated carbocycles. The number of hydrogen-bond donors (Lipinski definition) is 2. The van der Waals surface area contributed by atoms with E-state index in [1.807, 2.05) is 35.9 Å². The number of aryl methyl sites for hydroxylation is 2. The lowest BCUT2D eigenvalue weighted by atomic mass is 10.1. The van der Waals surface area contributed by atoms with Gasteiger partial charge < -0.3 is 15.2 Å². The molecular formula is C23H23N5O. The standard InChI is InChI=1S/C23H23N5O/c1-15-6-4-7-16(10-15)13-26-23-27-20-14-25-19(12-21(20)28(23)3)17-8-5-9-18(11-17)22(29)24-2/h4-12,14H,13H2,1-3H3,(H,24,29)(H,26,27). The number of nitrogens with zero attached hydrogens (tertiary/aromatic N) is 3. The van der Waals surface area contributed by atoms with E-state index in [4.69, 9.17) is 0 Å². The van der Waals surface area contributed by atoms with Crippen molar-refractivity contribution in [2.75, 3.05) is 12.4 Å². The second kappa shape index (κ2) is 7.75. The monoisotopic (exact) mass is 385 g/mol. The summed E-state index contributed by atoms with van der Waals surface area (Å²) in [5.74, 6) is 0.677. The van der Waals surface area contributed by atoms with Gasteiger partial charge in [-0.25, -0.2) is 4.98 Å². The fourth-order valence-electron chi connectivity index (χ4n) is 3.38. The minimum absolute atomic E-state index is 0.115. The predicted octanol–water partition coefficient (Wildman–Crippen LogP) is 3.92. The van der Waals surface area contributed by atoms with Crippen LogP contribution in [0.5, 0.6) is 0 Å². The van der Waals surface area contributed by atoms with Crippen LogP contribution in [0.15, 0.2) is 60.8 Å². The molecule has 0 fully saturated rings. The van der Waals surface area contributed by atoms with Gasteiger partial charge in [-0.1, -0.05) is 42.0 Å². The number of carbonyl (C=O) groups is 1. The molecule has 0 aliphatic carbocycles. The van der Waals surface area contributed by atoms with E-state index >= 15 is 0 Å². The van der Waals surface area contributed by atoms with Crippen LogP contribution in [-0.2, 0) is 13.6 Å². The minimum atomic E-state index is -0.115. The van der Waals surface area contributed by atoms with Gasteiger partial charge in [-0.2, -0.15) is 0 Å². The number of benzene rings is 2. The Morgan fingerprint density at radius 2 is 1.93 bits per heavy atom. The number of carbonyl (C=O) groups excluding carboxylic acids is 1. The van der Waals surface area contributed by atoms with Gasteiger partial charge in [-0.05, 0) is 30.7 Å². The zero-order valence-electron chi connectivity index (χ0n) is 16.7. The number of amides is 1. The van der Waals surface area contributed by atoms with Crippen LogP contribution in [-0.4, -0.2) is 27.5 Å². The molecule has 0 spiro atoms. The van der Waals surface area contributed by atoms with Gasteiger partial charge in [0.2, 0.25) is 5.95 Å². The molecule has 29 heavy (non-hydrogen) atoms. The van der Waals surface area contributed by atoms with Crippen LogP contribution in [0, 0.1) is 6.92 Å². The lowest BCUT2D eigenvalue weighted by molar-refractivity contribution is 0.0963. The number of rotatable bonds is 5. The number of fused-ring (bicyclic) bond motifs is 1. The van der Waals surface area contributed by atoms with Crippen LogP contribution in [0.4, 0.5) is 5.95 Å². The quantitative estimate of drug-likeness (QED) is 0.546. The molecule has 0 atom stereocenters. The van der Waals surface area contributed by atoms with Gasteiger partial charge in [0, 0.05) is 31.8 Å². The summed E-state index contributed by atoms with van der Waals surface area (Å²) >= 11 is 0. The van der Waals surface area contributed by atoms with Crippen molar-refractivity contribution in [3.63, 3.8) is 0 Å². The molecule has 2 heterocycles. The maximum atomic E-state index is 11.9. The summed E-state index contributed by atoms with van der Waals surface area (Å²) in [5.41, 5.74) is 6.55. The molecule has 2 aromatic carbocycles. The summed E-state index contributed by atoms with van der Waals surface area (Å²) < 4.78 is 2.03. The maximum Gasteiger partial charge on any atom is 0.251 e. The largest absolute Gasteiger partial charge is 0.355 e. The number of imidazole rings is 1. The SMILES string of the molecule is CNC(=O)c1cccc(-c2cc3c(cn2)nc(NCc2cccc(C)c2)n3C)c1. The highest BCUT2D eigenvalue weighted by Gasteiger charge is 2.11. The second-order valence-electron chi connectivity index (χ2n) is 7.06. The van der Waals surface area contributed by atoms with Crippen LogP contribution in [0.2, 0.25) is 0 Å². The molecular weight excluding hydrogens is 362 g/mol. The molecule has 0 unspecified atom stereocenters. The van der Waals surface area contributed by atoms with E-state index in [0.29, 0.717) is 12.1 Å². The summed E-state index contributed by atoms with van der Waals surface area (Å²) in [6, 6.07) is 17.9. The van der Waals surface area contributed by atoms with Crippen molar-refractivity contribution in [2.45, 2.75) is 13.5 Å². The molecule has 0 radical (unpaired) electrons. The molecule has 0 saturated heterocycles. The topological polar surface area (TPSA) is 71.8 Å². The summed E-state index contributed by atoms with van der Waals surface area (Å²) in [7, 11) is 3.61. The summed E-state index contributed by atoms with van der Waals surface area (Å²) in [6.07, 6.45) is 1.77. The van der Waals surface area contributed by atoms with E-state index in [0.717, 1.165) is 28.2 Å². The van der Waals surface area contributed by atoms with Crippen molar-refractivity contribution in [1.82, 2.24) is 19.9 Å². The van der Waals surface area contributed by atoms with E-state index in [9.17, 15) is 4.79 Å². The predicted molar refractivity (Wildman–Crippen MR) is 116 cm³/mol. The smallest absolute Gasteiger partial charge is 0.251 e. The average Bonchev–Trinajstić information content (AvgIpc) is 3.07. The molecule has 0 bridgehead atoms. The maximum absolute atomic E-state index is 11.9. The van der Waals surface area contributed by atoms with Crippen LogP contribution in [0.3, 0.4) is 0 Å². The molecule has 4 aromatic rings. The summed E-state index contributed by atoms with van der Waals surface area (Å²) in [6.45, 7) is 2.79. The van der Waals surface area contributed by atoms with Crippen molar-refractivity contribution < 1.29 is 4.79 Å². The Labute approximate surface area is 169 Å². The number of anilines is 1. The number of aromatic nitrogens is 3. The van der Waals surface area contributed by atoms with Gasteiger partial charge in [0.25, 0.3) is 5.91 Å². The van der Waals surface area contributed by atoms with E-state index in [-0.39, 0.29) is 5.91 Å². The van der Waals surface area contributed by atoms with Gasteiger partial charge in [0.1, 0.15) is 5.52 Å². The Bertz CT molecular complexity index is 1200. The highest BCUT2D eigenvalue weighted by molar-refractivity contribution is 5.95. The second-order valence-corrected chi connectivity index (χ2v) is 7.06. The molecule has 6 heteroatoms. The zero-order valence-corrected chi connectivity index (χ0v) is 16.7. The van der Waals surface area contributed by atoms with Gasteiger partial charge >= 0.3 is 0 Å². The molecule has 2 N–H and O–H groups in total. The highest BCUT2D eigenvalue weighted by Crippen LogP contribution is 2.25. The molecule has 2 aromatic heterocycles. The van der Waals surface area contributed by atoms with Crippen molar-refractivity contribution >= 4 is 22.9 Å². The van der Waals surface area contributed by atoms with E-state index < -0.39 is 0 Å². The van der Waals surface area contributed by atoms with E-state index in [1.54, 1.807) is 19.3 Å². The first-order valence-electron chi connectivity index (χ1n) is 9.49. The van der Waals surface area contributed by atoms with Gasteiger partial charge in [0.15, 0.2) is 0 Å². The number of nitrogens with one attached hydrogen (secondary N) is 2. The summed E-state index contributed by atoms with van der Waals surface area (Å²) in [4.78, 5) is 21.1. The van der Waals surface area contributed by atoms with Crippen LogP contribution >= 0.6 is 0 Å². The Hall–Kier alpha value is -3.67. The zero-order chi connectivity index (χ0) is 20.4.